The second kappa shape index (κ2) is 6.06. The summed E-state index contributed by atoms with van der Waals surface area (Å²) in [7, 11) is 2.84. The van der Waals surface area contributed by atoms with Gasteiger partial charge in [-0.05, 0) is 24.6 Å². The lowest BCUT2D eigenvalue weighted by Gasteiger charge is -2.11. The highest BCUT2D eigenvalue weighted by Crippen LogP contribution is 2.24. The van der Waals surface area contributed by atoms with Gasteiger partial charge in [-0.3, -0.25) is 0 Å². The maximum Gasteiger partial charge on any atom is 0.341 e. The Labute approximate surface area is 101 Å². The van der Waals surface area contributed by atoms with Gasteiger partial charge in [0.25, 0.3) is 0 Å². The van der Waals surface area contributed by atoms with Crippen LogP contribution in [0.2, 0.25) is 0 Å². The highest BCUT2D eigenvalue weighted by Gasteiger charge is 2.14. The van der Waals surface area contributed by atoms with Crippen molar-refractivity contribution in [3.63, 3.8) is 0 Å². The van der Waals surface area contributed by atoms with E-state index in [1.165, 1.54) is 14.2 Å². The topological polar surface area (TPSA) is 44.8 Å². The molecular formula is C13H16O4. The monoisotopic (exact) mass is 236 g/mol. The first-order chi connectivity index (χ1) is 8.10. The highest BCUT2D eigenvalue weighted by molar-refractivity contribution is 5.93. The van der Waals surface area contributed by atoms with Crippen molar-refractivity contribution in [3.05, 3.63) is 35.9 Å². The van der Waals surface area contributed by atoms with Crippen LogP contribution in [0, 0.1) is 0 Å². The number of rotatable bonds is 5. The van der Waals surface area contributed by atoms with Gasteiger partial charge in [-0.2, -0.15) is 0 Å². The smallest absolute Gasteiger partial charge is 0.341 e. The molecule has 0 amide bonds. The minimum Gasteiger partial charge on any atom is -0.467 e. The first kappa shape index (κ1) is 13.3. The van der Waals surface area contributed by atoms with E-state index in [0.29, 0.717) is 11.3 Å². The van der Waals surface area contributed by atoms with Gasteiger partial charge in [0.1, 0.15) is 11.3 Å². The maximum absolute atomic E-state index is 11.6. The second-order valence-corrected chi connectivity index (χ2v) is 3.53. The summed E-state index contributed by atoms with van der Waals surface area (Å²) >= 11 is 0. The Morgan fingerprint density at radius 2 is 2.06 bits per heavy atom. The average molecular weight is 236 g/mol. The van der Waals surface area contributed by atoms with Crippen LogP contribution in [0.5, 0.6) is 5.75 Å². The molecule has 0 N–H and O–H groups in total. The zero-order valence-electron chi connectivity index (χ0n) is 10.3. The number of ether oxygens (including phenoxy) is 3. The highest BCUT2D eigenvalue weighted by atomic mass is 16.7. The van der Waals surface area contributed by atoms with Crippen LogP contribution in [0.25, 0.3) is 5.57 Å². The van der Waals surface area contributed by atoms with Crippen LogP contribution >= 0.6 is 0 Å². The number of allylic oxidation sites excluding steroid dienone is 1. The average Bonchev–Trinajstić information content (AvgIpc) is 2.35. The zero-order valence-corrected chi connectivity index (χ0v) is 10.3. The summed E-state index contributed by atoms with van der Waals surface area (Å²) in [5.41, 5.74) is 2.11. The van der Waals surface area contributed by atoms with Gasteiger partial charge in [0.05, 0.1) is 7.11 Å². The summed E-state index contributed by atoms with van der Waals surface area (Å²) in [6, 6.07) is 5.23. The van der Waals surface area contributed by atoms with Crippen molar-refractivity contribution in [3.8, 4) is 5.75 Å². The number of hydrogen-bond acceptors (Lipinski definition) is 4. The molecule has 0 bridgehead atoms. The first-order valence-electron chi connectivity index (χ1n) is 5.10. The van der Waals surface area contributed by atoms with Crippen molar-refractivity contribution in [2.75, 3.05) is 21.0 Å². The van der Waals surface area contributed by atoms with Gasteiger partial charge in [-0.25, -0.2) is 4.79 Å². The lowest BCUT2D eigenvalue weighted by Crippen LogP contribution is -2.08. The molecule has 0 spiro atoms. The Balaban J connectivity index is 3.12. The van der Waals surface area contributed by atoms with Crippen LogP contribution in [0.3, 0.4) is 0 Å². The molecule has 4 heteroatoms. The third-order valence-corrected chi connectivity index (χ3v) is 2.21. The van der Waals surface area contributed by atoms with Gasteiger partial charge in [-0.15, -0.1) is 0 Å². The first-order valence-corrected chi connectivity index (χ1v) is 5.10. The largest absolute Gasteiger partial charge is 0.467 e. The molecule has 0 saturated heterocycles. The summed E-state index contributed by atoms with van der Waals surface area (Å²) in [6.45, 7) is 5.77. The van der Waals surface area contributed by atoms with Crippen LogP contribution in [-0.4, -0.2) is 27.0 Å². The number of hydrogen-bond donors (Lipinski definition) is 0. The number of carbonyl (C=O) groups excluding carboxylic acids is 1. The van der Waals surface area contributed by atoms with E-state index in [2.05, 4.69) is 6.58 Å². The van der Waals surface area contributed by atoms with Gasteiger partial charge in [0, 0.05) is 7.11 Å². The Hall–Kier alpha value is -1.81. The minimum absolute atomic E-state index is 0.0798. The Morgan fingerprint density at radius 1 is 1.35 bits per heavy atom. The van der Waals surface area contributed by atoms with Crippen molar-refractivity contribution in [1.82, 2.24) is 0 Å². The molecular weight excluding hydrogens is 220 g/mol. The van der Waals surface area contributed by atoms with Gasteiger partial charge in [-0.1, -0.05) is 18.2 Å². The van der Waals surface area contributed by atoms with E-state index in [0.717, 1.165) is 11.1 Å². The SMILES string of the molecule is C=C(C)c1ccc(OCOC)c(C(=O)OC)c1. The summed E-state index contributed by atoms with van der Waals surface area (Å²) < 4.78 is 14.8. The Bertz CT molecular complexity index is 423. The predicted octanol–water partition coefficient (Wildman–Crippen LogP) is 2.49. The van der Waals surface area contributed by atoms with E-state index in [-0.39, 0.29) is 6.79 Å². The van der Waals surface area contributed by atoms with Crippen LogP contribution in [-0.2, 0) is 9.47 Å². The molecule has 0 aliphatic rings. The molecule has 0 atom stereocenters. The number of benzene rings is 1. The van der Waals surface area contributed by atoms with Crippen LogP contribution in [0.4, 0.5) is 0 Å². The fourth-order valence-electron chi connectivity index (χ4n) is 1.31. The third kappa shape index (κ3) is 3.32. The van der Waals surface area contributed by atoms with Gasteiger partial charge < -0.3 is 14.2 Å². The number of methoxy groups -OCH3 is 2. The molecule has 0 unspecified atom stereocenters. The molecule has 1 aromatic carbocycles. The van der Waals surface area contributed by atoms with Crippen molar-refractivity contribution in [2.45, 2.75) is 6.92 Å². The molecule has 0 aliphatic heterocycles. The van der Waals surface area contributed by atoms with Crippen LogP contribution < -0.4 is 4.74 Å². The fraction of sp³-hybridized carbons (Fsp3) is 0.308. The normalized spacial score (nSPS) is 9.82. The van der Waals surface area contributed by atoms with E-state index >= 15 is 0 Å². The molecule has 17 heavy (non-hydrogen) atoms. The number of esters is 1. The molecule has 92 valence electrons. The molecule has 0 fully saturated rings. The second-order valence-electron chi connectivity index (χ2n) is 3.53. The Morgan fingerprint density at radius 3 is 2.59 bits per heavy atom. The van der Waals surface area contributed by atoms with Crippen molar-refractivity contribution in [1.29, 1.82) is 0 Å². The van der Waals surface area contributed by atoms with Crippen LogP contribution in [0.15, 0.2) is 24.8 Å². The lowest BCUT2D eigenvalue weighted by molar-refractivity contribution is 0.0465. The van der Waals surface area contributed by atoms with Crippen LogP contribution in [0.1, 0.15) is 22.8 Å². The third-order valence-electron chi connectivity index (χ3n) is 2.21. The van der Waals surface area contributed by atoms with E-state index in [1.54, 1.807) is 12.1 Å². The standard InChI is InChI=1S/C13H16O4/c1-9(2)10-5-6-12(17-8-15-3)11(7-10)13(14)16-4/h5-7H,1,8H2,2-4H3. The predicted molar refractivity (Wildman–Crippen MR) is 65.0 cm³/mol. The lowest BCUT2D eigenvalue weighted by atomic mass is 10.0. The summed E-state index contributed by atoms with van der Waals surface area (Å²) in [4.78, 5) is 11.6. The summed E-state index contributed by atoms with van der Waals surface area (Å²) in [5.74, 6) is -0.0112. The zero-order chi connectivity index (χ0) is 12.8. The maximum atomic E-state index is 11.6. The van der Waals surface area contributed by atoms with Crippen molar-refractivity contribution in [2.24, 2.45) is 0 Å². The molecule has 0 aromatic heterocycles. The molecule has 0 saturated carbocycles. The fourth-order valence-corrected chi connectivity index (χ4v) is 1.31. The summed E-state index contributed by atoms with van der Waals surface area (Å²) in [5, 5.41) is 0. The summed E-state index contributed by atoms with van der Waals surface area (Å²) in [6.07, 6.45) is 0. The molecule has 1 aromatic rings. The molecule has 4 nitrogen and oxygen atoms in total. The van der Waals surface area contributed by atoms with E-state index in [1.807, 2.05) is 13.0 Å². The van der Waals surface area contributed by atoms with Crippen molar-refractivity contribution < 1.29 is 19.0 Å². The van der Waals surface area contributed by atoms with E-state index in [4.69, 9.17) is 14.2 Å². The van der Waals surface area contributed by atoms with Gasteiger partial charge >= 0.3 is 5.97 Å². The quantitative estimate of drug-likeness (QED) is 0.582. The minimum atomic E-state index is -0.445. The molecule has 0 heterocycles. The van der Waals surface area contributed by atoms with Gasteiger partial charge in [0.2, 0.25) is 0 Å². The van der Waals surface area contributed by atoms with Crippen molar-refractivity contribution >= 4 is 11.5 Å². The number of carbonyl (C=O) groups is 1. The van der Waals surface area contributed by atoms with E-state index in [9.17, 15) is 4.79 Å². The Kier molecular flexibility index (Phi) is 4.72. The van der Waals surface area contributed by atoms with E-state index < -0.39 is 5.97 Å². The molecule has 0 aliphatic carbocycles. The molecule has 1 rings (SSSR count). The van der Waals surface area contributed by atoms with Gasteiger partial charge in [0.15, 0.2) is 6.79 Å². The molecule has 0 radical (unpaired) electrons.